The first kappa shape index (κ1) is 21.5. The lowest BCUT2D eigenvalue weighted by molar-refractivity contribution is -0.151. The van der Waals surface area contributed by atoms with Crippen LogP contribution in [0.2, 0.25) is 0 Å². The van der Waals surface area contributed by atoms with Crippen LogP contribution in [0.5, 0.6) is 5.75 Å². The Labute approximate surface area is 167 Å². The van der Waals surface area contributed by atoms with E-state index in [0.29, 0.717) is 11.3 Å². The summed E-state index contributed by atoms with van der Waals surface area (Å²) in [5.41, 5.74) is 0.629. The fourth-order valence-corrected chi connectivity index (χ4v) is 3.62. The summed E-state index contributed by atoms with van der Waals surface area (Å²) in [6.07, 6.45) is 0. The average Bonchev–Trinajstić information content (AvgIpc) is 2.67. The van der Waals surface area contributed by atoms with Crippen LogP contribution in [0.25, 0.3) is 0 Å². The van der Waals surface area contributed by atoms with Gasteiger partial charge in [0.05, 0.1) is 7.11 Å². The molecule has 1 heterocycles. The summed E-state index contributed by atoms with van der Waals surface area (Å²) in [6.45, 7) is 4.39. The largest absolute Gasteiger partial charge is 0.484 e. The lowest BCUT2D eigenvalue weighted by Gasteiger charge is -2.46. The van der Waals surface area contributed by atoms with Gasteiger partial charge in [0, 0.05) is 6.92 Å². The molecule has 28 heavy (non-hydrogen) atoms. The monoisotopic (exact) mass is 406 g/mol. The zero-order valence-corrected chi connectivity index (χ0v) is 16.9. The molecular formula is C19H22N2O6S. The molecule has 1 aliphatic heterocycles. The Hall–Kier alpha value is -2.81. The van der Waals surface area contributed by atoms with E-state index in [1.807, 2.05) is 6.07 Å². The van der Waals surface area contributed by atoms with Crippen molar-refractivity contribution in [3.63, 3.8) is 0 Å². The Kier molecular flexibility index (Phi) is 7.22. The van der Waals surface area contributed by atoms with Crippen LogP contribution in [-0.4, -0.2) is 52.9 Å². The normalized spacial score (nSPS) is 18.0. The van der Waals surface area contributed by atoms with Crippen LogP contribution in [-0.2, 0) is 23.9 Å². The molecule has 2 rings (SSSR count). The number of benzene rings is 1. The number of para-hydroxylation sites is 1. The number of likely N-dealkylation sites (tertiary alicyclic amines) is 1. The summed E-state index contributed by atoms with van der Waals surface area (Å²) in [5, 5.41) is 1.58. The van der Waals surface area contributed by atoms with Crippen molar-refractivity contribution in [3.8, 4) is 5.75 Å². The molecule has 0 bridgehead atoms. The zero-order valence-electron chi connectivity index (χ0n) is 16.1. The Morgan fingerprint density at radius 3 is 2.32 bits per heavy atom. The molecule has 0 aromatic heterocycles. The van der Waals surface area contributed by atoms with Crippen molar-refractivity contribution in [1.82, 2.24) is 10.2 Å². The van der Waals surface area contributed by atoms with Gasteiger partial charge in [-0.1, -0.05) is 30.0 Å². The van der Waals surface area contributed by atoms with Gasteiger partial charge in [0.2, 0.25) is 0 Å². The van der Waals surface area contributed by atoms with E-state index in [-0.39, 0.29) is 17.4 Å². The van der Waals surface area contributed by atoms with E-state index in [0.717, 1.165) is 11.8 Å². The maximum atomic E-state index is 12.6. The third-order valence-corrected chi connectivity index (χ3v) is 4.91. The number of esters is 1. The van der Waals surface area contributed by atoms with Gasteiger partial charge in [-0.3, -0.25) is 19.3 Å². The smallest absolute Gasteiger partial charge is 0.354 e. The molecular weight excluding hydrogens is 384 g/mol. The first-order chi connectivity index (χ1) is 13.3. The number of ether oxygens (including phenoxy) is 2. The Bertz CT molecular complexity index is 804. The molecule has 0 aliphatic carbocycles. The quantitative estimate of drug-likeness (QED) is 0.416. The molecule has 1 aromatic rings. The number of carbonyl (C=O) groups is 4. The molecule has 1 aliphatic rings. The van der Waals surface area contributed by atoms with Crippen molar-refractivity contribution in [2.45, 2.75) is 32.2 Å². The minimum absolute atomic E-state index is 0.0669. The van der Waals surface area contributed by atoms with Gasteiger partial charge in [-0.15, -0.1) is 0 Å². The summed E-state index contributed by atoms with van der Waals surface area (Å²) in [6, 6.07) is 7.83. The van der Waals surface area contributed by atoms with Gasteiger partial charge in [0.25, 0.3) is 11.8 Å². The molecule has 1 aromatic carbocycles. The second-order valence-corrected chi connectivity index (χ2v) is 7.49. The van der Waals surface area contributed by atoms with E-state index in [9.17, 15) is 19.2 Å². The highest BCUT2D eigenvalue weighted by Crippen LogP contribution is 2.35. The van der Waals surface area contributed by atoms with Gasteiger partial charge in [0.1, 0.15) is 22.9 Å². The highest BCUT2D eigenvalue weighted by molar-refractivity contribution is 8.14. The number of hydrogen-bond donors (Lipinski definition) is 1. The zero-order chi connectivity index (χ0) is 20.8. The van der Waals surface area contributed by atoms with Crippen molar-refractivity contribution in [1.29, 1.82) is 0 Å². The number of hydrogen-bond acceptors (Lipinski definition) is 7. The third kappa shape index (κ3) is 4.92. The Morgan fingerprint density at radius 1 is 1.14 bits per heavy atom. The van der Waals surface area contributed by atoms with E-state index in [2.05, 4.69) is 5.32 Å². The number of nitrogens with zero attached hydrogens (tertiary/aromatic N) is 1. The number of carbonyl (C=O) groups excluding carboxylic acids is 4. The first-order valence-corrected chi connectivity index (χ1v) is 9.37. The van der Waals surface area contributed by atoms with Gasteiger partial charge in [-0.2, -0.15) is 0 Å². The fraction of sp³-hybridized carbons (Fsp3) is 0.368. The lowest BCUT2D eigenvalue weighted by atomic mass is 10.0. The molecule has 1 fully saturated rings. The second kappa shape index (κ2) is 9.41. The number of rotatable bonds is 7. The van der Waals surface area contributed by atoms with E-state index in [4.69, 9.17) is 9.47 Å². The van der Waals surface area contributed by atoms with Crippen molar-refractivity contribution in [2.75, 3.05) is 13.7 Å². The molecule has 0 unspecified atom stereocenters. The maximum Gasteiger partial charge on any atom is 0.354 e. The van der Waals surface area contributed by atoms with Gasteiger partial charge in [0.15, 0.2) is 11.7 Å². The first-order valence-electron chi connectivity index (χ1n) is 8.49. The predicted molar refractivity (Wildman–Crippen MR) is 103 cm³/mol. The van der Waals surface area contributed by atoms with E-state index in [1.54, 1.807) is 38.1 Å². The van der Waals surface area contributed by atoms with E-state index in [1.165, 1.54) is 18.9 Å². The molecule has 8 nitrogen and oxygen atoms in total. The van der Waals surface area contributed by atoms with Crippen molar-refractivity contribution in [2.24, 2.45) is 0 Å². The van der Waals surface area contributed by atoms with Crippen LogP contribution in [0.15, 0.2) is 41.6 Å². The van der Waals surface area contributed by atoms with Crippen molar-refractivity contribution >= 4 is 34.7 Å². The number of nitrogens with one attached hydrogen (secondary N) is 1. The summed E-state index contributed by atoms with van der Waals surface area (Å²) >= 11 is 0.860. The molecule has 0 saturated carbocycles. The van der Waals surface area contributed by atoms with Crippen LogP contribution in [0, 0.1) is 0 Å². The highest BCUT2D eigenvalue weighted by atomic mass is 32.2. The third-order valence-electron chi connectivity index (χ3n) is 3.85. The van der Waals surface area contributed by atoms with E-state index >= 15 is 0 Å². The van der Waals surface area contributed by atoms with Crippen LogP contribution >= 0.6 is 11.8 Å². The van der Waals surface area contributed by atoms with Gasteiger partial charge in [-0.05, 0) is 31.6 Å². The SMILES string of the molecule is COC(=O)C(=C(C)C)N1C(=O)[C@@H](NC(=O)COc2ccccc2)[C@H]1SC(C)=O. The topological polar surface area (TPSA) is 102 Å². The minimum atomic E-state index is -0.945. The van der Waals surface area contributed by atoms with Gasteiger partial charge >= 0.3 is 5.97 Å². The number of amides is 2. The standard InChI is InChI=1S/C19H22N2O6S/c1-11(2)16(19(25)26-4)21-17(24)15(18(21)28-12(3)22)20-14(23)10-27-13-8-6-5-7-9-13/h5-9,15,18H,10H2,1-4H3,(H,20,23)/t15-,18-/m1/s1. The van der Waals surface area contributed by atoms with Gasteiger partial charge in [-0.25, -0.2) is 4.79 Å². The number of allylic oxidation sites excluding steroid dienone is 1. The van der Waals surface area contributed by atoms with Crippen LogP contribution < -0.4 is 10.1 Å². The Balaban J connectivity index is 2.10. The average molecular weight is 406 g/mol. The lowest BCUT2D eigenvalue weighted by Crippen LogP contribution is -2.70. The fourth-order valence-electron chi connectivity index (χ4n) is 2.65. The van der Waals surface area contributed by atoms with Crippen molar-refractivity contribution in [3.05, 3.63) is 41.6 Å². The summed E-state index contributed by atoms with van der Waals surface area (Å²) < 4.78 is 10.1. The van der Waals surface area contributed by atoms with Crippen LogP contribution in [0.3, 0.4) is 0 Å². The summed E-state index contributed by atoms with van der Waals surface area (Å²) in [7, 11) is 1.21. The summed E-state index contributed by atoms with van der Waals surface area (Å²) in [4.78, 5) is 49.7. The molecule has 0 spiro atoms. The summed E-state index contributed by atoms with van der Waals surface area (Å²) in [5.74, 6) is -1.16. The number of β-lactam (4-membered cyclic amide) rings is 1. The Morgan fingerprint density at radius 2 is 1.79 bits per heavy atom. The molecule has 150 valence electrons. The molecule has 0 radical (unpaired) electrons. The number of thioether (sulfide) groups is 1. The maximum absolute atomic E-state index is 12.6. The van der Waals surface area contributed by atoms with Crippen LogP contribution in [0.4, 0.5) is 0 Å². The highest BCUT2D eigenvalue weighted by Gasteiger charge is 2.52. The molecule has 2 atom stereocenters. The van der Waals surface area contributed by atoms with Crippen LogP contribution in [0.1, 0.15) is 20.8 Å². The molecule has 9 heteroatoms. The second-order valence-electron chi connectivity index (χ2n) is 6.20. The van der Waals surface area contributed by atoms with E-state index < -0.39 is 29.2 Å². The van der Waals surface area contributed by atoms with Crippen molar-refractivity contribution < 1.29 is 28.7 Å². The molecule has 1 saturated heterocycles. The number of methoxy groups -OCH3 is 1. The van der Waals surface area contributed by atoms with Gasteiger partial charge < -0.3 is 14.8 Å². The predicted octanol–water partition coefficient (Wildman–Crippen LogP) is 1.47. The molecule has 2 amide bonds. The molecule has 1 N–H and O–H groups in total. The minimum Gasteiger partial charge on any atom is -0.484 e.